The summed E-state index contributed by atoms with van der Waals surface area (Å²) in [6.07, 6.45) is 7.63. The van der Waals surface area contributed by atoms with Gasteiger partial charge in [0.1, 0.15) is 0 Å². The molecule has 1 aromatic rings. The third-order valence-corrected chi connectivity index (χ3v) is 4.32. The lowest BCUT2D eigenvalue weighted by Gasteiger charge is -2.16. The van der Waals surface area contributed by atoms with Crippen molar-refractivity contribution in [2.75, 3.05) is 0 Å². The predicted molar refractivity (Wildman–Crippen MR) is 75.5 cm³/mol. The van der Waals surface area contributed by atoms with Crippen molar-refractivity contribution in [3.05, 3.63) is 40.6 Å². The Morgan fingerprint density at radius 2 is 1.69 bits per heavy atom. The van der Waals surface area contributed by atoms with Crippen molar-refractivity contribution in [1.29, 1.82) is 0 Å². The van der Waals surface area contributed by atoms with Crippen LogP contribution in [0.1, 0.15) is 29.5 Å². The third-order valence-electron chi connectivity index (χ3n) is 3.15. The van der Waals surface area contributed by atoms with Crippen LogP contribution in [0.2, 0.25) is 19.6 Å². The van der Waals surface area contributed by atoms with Crippen molar-refractivity contribution in [2.45, 2.75) is 45.3 Å². The highest BCUT2D eigenvalue weighted by Gasteiger charge is 2.10. The van der Waals surface area contributed by atoms with Gasteiger partial charge in [-0.3, -0.25) is 0 Å². The van der Waals surface area contributed by atoms with Crippen LogP contribution in [-0.2, 0) is 12.8 Å². The molecule has 0 saturated heterocycles. The van der Waals surface area contributed by atoms with E-state index in [4.69, 9.17) is 0 Å². The van der Waals surface area contributed by atoms with Gasteiger partial charge in [-0.05, 0) is 42.4 Å². The second-order valence-corrected chi connectivity index (χ2v) is 11.0. The van der Waals surface area contributed by atoms with Crippen LogP contribution >= 0.6 is 0 Å². The van der Waals surface area contributed by atoms with Gasteiger partial charge in [0.15, 0.2) is 0 Å². The molecule has 16 heavy (non-hydrogen) atoms. The van der Waals surface area contributed by atoms with Gasteiger partial charge in [-0.1, -0.05) is 49.6 Å². The van der Waals surface area contributed by atoms with E-state index < -0.39 is 8.07 Å². The first kappa shape index (κ1) is 11.7. The first-order valence-corrected chi connectivity index (χ1v) is 9.93. The Balaban J connectivity index is 2.21. The Morgan fingerprint density at radius 1 is 1.00 bits per heavy atom. The van der Waals surface area contributed by atoms with E-state index in [1.165, 1.54) is 31.2 Å². The lowest BCUT2D eigenvalue weighted by atomic mass is 9.90. The smallest absolute Gasteiger partial charge is 0.0687 e. The first-order valence-electron chi connectivity index (χ1n) is 6.36. The number of aryl methyl sites for hydroxylation is 2. The Labute approximate surface area is 100 Å². The molecule has 0 bridgehead atoms. The Morgan fingerprint density at radius 3 is 2.38 bits per heavy atom. The fraction of sp³-hybridized carbons (Fsp3) is 0.467. The van der Waals surface area contributed by atoms with Crippen molar-refractivity contribution < 1.29 is 0 Å². The highest BCUT2D eigenvalue weighted by atomic mass is 28.3. The van der Waals surface area contributed by atoms with Gasteiger partial charge in [0, 0.05) is 0 Å². The monoisotopic (exact) mass is 230 g/mol. The van der Waals surface area contributed by atoms with E-state index in [9.17, 15) is 0 Å². The molecule has 0 atom stereocenters. The van der Waals surface area contributed by atoms with Crippen molar-refractivity contribution in [3.8, 4) is 0 Å². The van der Waals surface area contributed by atoms with Gasteiger partial charge in [-0.15, -0.1) is 0 Å². The van der Waals surface area contributed by atoms with Crippen LogP contribution in [0.3, 0.4) is 0 Å². The number of rotatable bonds is 2. The topological polar surface area (TPSA) is 0 Å². The average Bonchev–Trinajstić information content (AvgIpc) is 2.25. The van der Waals surface area contributed by atoms with Gasteiger partial charge in [-0.2, -0.15) is 0 Å². The molecule has 0 aromatic heterocycles. The van der Waals surface area contributed by atoms with Gasteiger partial charge in [0.2, 0.25) is 0 Å². The Bertz CT molecular complexity index is 396. The molecule has 86 valence electrons. The summed E-state index contributed by atoms with van der Waals surface area (Å²) in [6.45, 7) is 7.13. The summed E-state index contributed by atoms with van der Waals surface area (Å²) in [4.78, 5) is 0. The molecular weight excluding hydrogens is 208 g/mol. The summed E-state index contributed by atoms with van der Waals surface area (Å²) < 4.78 is 0. The van der Waals surface area contributed by atoms with Gasteiger partial charge in [-0.25, -0.2) is 0 Å². The highest BCUT2D eigenvalue weighted by molar-refractivity contribution is 6.81. The molecule has 0 radical (unpaired) electrons. The molecule has 0 saturated carbocycles. The molecular formula is C15H22Si. The van der Waals surface area contributed by atoms with Crippen LogP contribution in [0, 0.1) is 0 Å². The van der Waals surface area contributed by atoms with Crippen LogP contribution in [0.4, 0.5) is 0 Å². The van der Waals surface area contributed by atoms with Crippen molar-refractivity contribution >= 4 is 14.1 Å². The van der Waals surface area contributed by atoms with Crippen LogP contribution in [0.15, 0.2) is 23.9 Å². The maximum absolute atomic E-state index is 2.43. The zero-order valence-electron chi connectivity index (χ0n) is 10.7. The molecule has 0 N–H and O–H groups in total. The van der Waals surface area contributed by atoms with Gasteiger partial charge in [0.25, 0.3) is 0 Å². The quantitative estimate of drug-likeness (QED) is 0.658. The molecule has 0 spiro atoms. The largest absolute Gasteiger partial charge is 0.0944 e. The van der Waals surface area contributed by atoms with Crippen LogP contribution in [0.5, 0.6) is 0 Å². The van der Waals surface area contributed by atoms with Gasteiger partial charge < -0.3 is 0 Å². The van der Waals surface area contributed by atoms with Gasteiger partial charge >= 0.3 is 0 Å². The third kappa shape index (κ3) is 3.08. The van der Waals surface area contributed by atoms with E-state index in [1.807, 2.05) is 0 Å². The second kappa shape index (κ2) is 4.58. The molecule has 0 aliphatic heterocycles. The van der Waals surface area contributed by atoms with E-state index in [-0.39, 0.29) is 0 Å². The molecule has 1 aliphatic rings. The second-order valence-electron chi connectivity index (χ2n) is 5.93. The van der Waals surface area contributed by atoms with Crippen LogP contribution in [0.25, 0.3) is 6.08 Å². The summed E-state index contributed by atoms with van der Waals surface area (Å²) >= 11 is 0. The van der Waals surface area contributed by atoms with E-state index >= 15 is 0 Å². The minimum atomic E-state index is -1.06. The van der Waals surface area contributed by atoms with Gasteiger partial charge in [0.05, 0.1) is 8.07 Å². The minimum absolute atomic E-state index is 1.06. The Kier molecular flexibility index (Phi) is 3.34. The fourth-order valence-corrected chi connectivity index (χ4v) is 2.90. The molecule has 0 unspecified atom stereocenters. The Hall–Kier alpha value is -0.823. The normalized spacial score (nSPS) is 16.4. The van der Waals surface area contributed by atoms with Crippen molar-refractivity contribution in [1.82, 2.24) is 0 Å². The number of hydrogen-bond donors (Lipinski definition) is 0. The van der Waals surface area contributed by atoms with E-state index in [0.29, 0.717) is 0 Å². The van der Waals surface area contributed by atoms with Crippen molar-refractivity contribution in [2.24, 2.45) is 0 Å². The minimum Gasteiger partial charge on any atom is -0.0944 e. The summed E-state index contributed by atoms with van der Waals surface area (Å²) in [5.74, 6) is 0. The molecule has 0 amide bonds. The number of hydrogen-bond acceptors (Lipinski definition) is 0. The molecule has 1 aromatic carbocycles. The first-order chi connectivity index (χ1) is 7.54. The lowest BCUT2D eigenvalue weighted by molar-refractivity contribution is 0.685. The predicted octanol–water partition coefficient (Wildman–Crippen LogP) is 4.46. The summed E-state index contributed by atoms with van der Waals surface area (Å²) in [7, 11) is -1.06. The molecule has 0 fully saturated rings. The average molecular weight is 230 g/mol. The van der Waals surface area contributed by atoms with E-state index in [1.54, 1.807) is 11.1 Å². The maximum atomic E-state index is 2.43. The van der Waals surface area contributed by atoms with Crippen molar-refractivity contribution in [3.63, 3.8) is 0 Å². The SMILES string of the molecule is C[Si](C)(C)/C=C/c1ccc2c(c1)CCCC2. The highest BCUT2D eigenvalue weighted by Crippen LogP contribution is 2.23. The summed E-state index contributed by atoms with van der Waals surface area (Å²) in [5.41, 5.74) is 6.99. The molecule has 1 aliphatic carbocycles. The van der Waals surface area contributed by atoms with E-state index in [0.717, 1.165) is 0 Å². The lowest BCUT2D eigenvalue weighted by Crippen LogP contribution is -2.15. The molecule has 0 nitrogen and oxygen atoms in total. The fourth-order valence-electron chi connectivity index (χ4n) is 2.20. The van der Waals surface area contributed by atoms with E-state index in [2.05, 4.69) is 49.6 Å². The summed E-state index contributed by atoms with van der Waals surface area (Å²) in [6, 6.07) is 7.00. The summed E-state index contributed by atoms with van der Waals surface area (Å²) in [5, 5.41) is 0. The molecule has 2 rings (SSSR count). The zero-order valence-corrected chi connectivity index (χ0v) is 11.7. The van der Waals surface area contributed by atoms with Crippen LogP contribution < -0.4 is 0 Å². The molecule has 1 heteroatoms. The molecule has 0 heterocycles. The maximum Gasteiger partial charge on any atom is 0.0687 e. The standard InChI is InChI=1S/C15H22Si/c1-16(2,3)11-10-13-8-9-14-6-4-5-7-15(14)12-13/h8-12H,4-7H2,1-3H3/b11-10+. The number of fused-ring (bicyclic) bond motifs is 1. The zero-order chi connectivity index (χ0) is 11.6. The van der Waals surface area contributed by atoms with Crippen LogP contribution in [-0.4, -0.2) is 8.07 Å². The number of benzene rings is 1.